The van der Waals surface area contributed by atoms with E-state index in [4.69, 9.17) is 5.73 Å². The van der Waals surface area contributed by atoms with Crippen molar-refractivity contribution >= 4 is 5.91 Å². The topological polar surface area (TPSA) is 95.6 Å². The minimum absolute atomic E-state index is 0.0293. The highest BCUT2D eigenvalue weighted by Gasteiger charge is 2.26. The van der Waals surface area contributed by atoms with Crippen molar-refractivity contribution in [3.8, 4) is 11.5 Å². The fourth-order valence-electron chi connectivity index (χ4n) is 2.13. The van der Waals surface area contributed by atoms with Crippen LogP contribution in [0.1, 0.15) is 29.6 Å². The molecule has 92 valence electrons. The summed E-state index contributed by atoms with van der Waals surface area (Å²) < 4.78 is 0. The van der Waals surface area contributed by atoms with Crippen molar-refractivity contribution in [3.63, 3.8) is 0 Å². The number of aromatic hydroxyl groups is 2. The van der Waals surface area contributed by atoms with Crippen LogP contribution in [0.5, 0.6) is 11.5 Å². The molecule has 1 aromatic carbocycles. The molecule has 5 N–H and O–H groups in total. The highest BCUT2D eigenvalue weighted by atomic mass is 16.3. The number of carbonyl (C=O) groups is 1. The first-order chi connectivity index (χ1) is 8.09. The Morgan fingerprint density at radius 2 is 2.12 bits per heavy atom. The molecule has 1 saturated carbocycles. The number of carbonyl (C=O) groups excluding carboxylic acids is 1. The van der Waals surface area contributed by atoms with Gasteiger partial charge in [-0.05, 0) is 31.4 Å². The van der Waals surface area contributed by atoms with Gasteiger partial charge in [-0.2, -0.15) is 0 Å². The quantitative estimate of drug-likeness (QED) is 0.569. The van der Waals surface area contributed by atoms with Gasteiger partial charge in [0.1, 0.15) is 0 Å². The van der Waals surface area contributed by atoms with Gasteiger partial charge in [-0.25, -0.2) is 0 Å². The Morgan fingerprint density at radius 3 is 2.76 bits per heavy atom. The lowest BCUT2D eigenvalue weighted by atomic mass is 10.1. The van der Waals surface area contributed by atoms with Crippen molar-refractivity contribution in [2.24, 2.45) is 5.73 Å². The van der Waals surface area contributed by atoms with E-state index in [1.807, 2.05) is 0 Å². The number of para-hydroxylation sites is 1. The number of nitrogens with one attached hydrogen (secondary N) is 1. The van der Waals surface area contributed by atoms with E-state index in [0.29, 0.717) is 0 Å². The monoisotopic (exact) mass is 236 g/mol. The minimum atomic E-state index is -0.402. The molecule has 0 radical (unpaired) electrons. The van der Waals surface area contributed by atoms with E-state index in [-0.39, 0.29) is 23.4 Å². The maximum Gasteiger partial charge on any atom is 0.255 e. The van der Waals surface area contributed by atoms with Crippen molar-refractivity contribution in [2.45, 2.75) is 31.3 Å². The molecule has 1 aliphatic rings. The van der Waals surface area contributed by atoms with Crippen molar-refractivity contribution in [2.75, 3.05) is 0 Å². The molecule has 0 saturated heterocycles. The van der Waals surface area contributed by atoms with Crippen LogP contribution in [0.2, 0.25) is 0 Å². The van der Waals surface area contributed by atoms with E-state index in [0.717, 1.165) is 19.3 Å². The Bertz CT molecular complexity index is 434. The fraction of sp³-hybridized carbons (Fsp3) is 0.417. The second kappa shape index (κ2) is 4.63. The van der Waals surface area contributed by atoms with Crippen molar-refractivity contribution in [1.82, 2.24) is 5.32 Å². The van der Waals surface area contributed by atoms with Crippen LogP contribution in [0.4, 0.5) is 0 Å². The molecule has 0 aliphatic heterocycles. The first kappa shape index (κ1) is 11.7. The average Bonchev–Trinajstić information content (AvgIpc) is 2.68. The normalized spacial score (nSPS) is 23.6. The maximum atomic E-state index is 11.9. The maximum absolute atomic E-state index is 11.9. The third kappa shape index (κ3) is 2.34. The van der Waals surface area contributed by atoms with Gasteiger partial charge in [0.25, 0.3) is 5.91 Å². The number of benzene rings is 1. The van der Waals surface area contributed by atoms with Gasteiger partial charge in [0.05, 0.1) is 5.56 Å². The van der Waals surface area contributed by atoms with Gasteiger partial charge in [0.15, 0.2) is 11.5 Å². The summed E-state index contributed by atoms with van der Waals surface area (Å²) in [5.74, 6) is -1.09. The molecule has 0 spiro atoms. The molecule has 0 bridgehead atoms. The highest BCUT2D eigenvalue weighted by molar-refractivity contribution is 5.97. The molecule has 1 aromatic rings. The number of nitrogens with two attached hydrogens (primary N) is 1. The second-order valence-electron chi connectivity index (χ2n) is 4.35. The average molecular weight is 236 g/mol. The summed E-state index contributed by atoms with van der Waals surface area (Å²) in [4.78, 5) is 11.9. The zero-order valence-corrected chi connectivity index (χ0v) is 9.39. The molecule has 2 atom stereocenters. The van der Waals surface area contributed by atoms with Gasteiger partial charge in [0, 0.05) is 12.1 Å². The molecule has 2 rings (SSSR count). The Labute approximate surface area is 99.3 Å². The first-order valence-corrected chi connectivity index (χ1v) is 5.67. The Kier molecular flexibility index (Phi) is 3.19. The van der Waals surface area contributed by atoms with Crippen molar-refractivity contribution in [3.05, 3.63) is 23.8 Å². The fourth-order valence-corrected chi connectivity index (χ4v) is 2.13. The van der Waals surface area contributed by atoms with Crippen molar-refractivity contribution in [1.29, 1.82) is 0 Å². The summed E-state index contributed by atoms with van der Waals surface area (Å²) in [6, 6.07) is 4.22. The molecule has 0 heterocycles. The van der Waals surface area contributed by atoms with E-state index in [1.165, 1.54) is 18.2 Å². The number of phenols is 2. The first-order valence-electron chi connectivity index (χ1n) is 5.67. The molecule has 1 fully saturated rings. The number of hydrogen-bond acceptors (Lipinski definition) is 4. The molecular formula is C12H16N2O3. The number of hydrogen-bond donors (Lipinski definition) is 4. The summed E-state index contributed by atoms with van der Waals surface area (Å²) >= 11 is 0. The molecule has 0 aromatic heterocycles. The smallest absolute Gasteiger partial charge is 0.255 e. The zero-order valence-electron chi connectivity index (χ0n) is 9.39. The standard InChI is InChI=1S/C12H16N2O3/c13-8-4-2-5-9(8)14-12(17)7-3-1-6-10(15)11(7)16/h1,3,6,8-9,15-16H,2,4-5,13H2,(H,14,17). The van der Waals surface area contributed by atoms with Crippen LogP contribution in [0, 0.1) is 0 Å². The van der Waals surface area contributed by atoms with E-state index in [2.05, 4.69) is 5.32 Å². The van der Waals surface area contributed by atoms with E-state index in [1.54, 1.807) is 0 Å². The minimum Gasteiger partial charge on any atom is -0.504 e. The van der Waals surface area contributed by atoms with Crippen LogP contribution in [0.25, 0.3) is 0 Å². The summed E-state index contributed by atoms with van der Waals surface area (Å²) in [7, 11) is 0. The molecule has 1 amide bonds. The molecule has 5 nitrogen and oxygen atoms in total. The molecular weight excluding hydrogens is 220 g/mol. The van der Waals surface area contributed by atoms with E-state index >= 15 is 0 Å². The summed E-state index contributed by atoms with van der Waals surface area (Å²) in [5.41, 5.74) is 5.92. The van der Waals surface area contributed by atoms with Crippen LogP contribution >= 0.6 is 0 Å². The molecule has 2 unspecified atom stereocenters. The van der Waals surface area contributed by atoms with E-state index < -0.39 is 11.7 Å². The van der Waals surface area contributed by atoms with Crippen molar-refractivity contribution < 1.29 is 15.0 Å². The van der Waals surface area contributed by atoms with Crippen LogP contribution in [0.15, 0.2) is 18.2 Å². The third-order valence-electron chi connectivity index (χ3n) is 3.15. The van der Waals surface area contributed by atoms with Gasteiger partial charge in [-0.3, -0.25) is 4.79 Å². The number of amides is 1. The van der Waals surface area contributed by atoms with E-state index in [9.17, 15) is 15.0 Å². The van der Waals surface area contributed by atoms with Gasteiger partial charge in [0.2, 0.25) is 0 Å². The predicted octanol–water partition coefficient (Wildman–Crippen LogP) is 0.707. The summed E-state index contributed by atoms with van der Waals surface area (Å²) in [6.45, 7) is 0. The number of phenolic OH excluding ortho intramolecular Hbond substituents is 2. The third-order valence-corrected chi connectivity index (χ3v) is 3.15. The molecule has 1 aliphatic carbocycles. The lowest BCUT2D eigenvalue weighted by Gasteiger charge is -2.17. The largest absolute Gasteiger partial charge is 0.504 e. The van der Waals surface area contributed by atoms with Gasteiger partial charge >= 0.3 is 0 Å². The summed E-state index contributed by atoms with van der Waals surface area (Å²) in [6.07, 6.45) is 2.75. The molecule has 17 heavy (non-hydrogen) atoms. The predicted molar refractivity (Wildman–Crippen MR) is 62.9 cm³/mol. The SMILES string of the molecule is NC1CCCC1NC(=O)c1cccc(O)c1O. The Balaban J connectivity index is 2.12. The number of rotatable bonds is 2. The van der Waals surface area contributed by atoms with Gasteiger partial charge < -0.3 is 21.3 Å². The van der Waals surface area contributed by atoms with Crippen LogP contribution in [-0.4, -0.2) is 28.2 Å². The van der Waals surface area contributed by atoms with Crippen LogP contribution < -0.4 is 11.1 Å². The Morgan fingerprint density at radius 1 is 1.35 bits per heavy atom. The van der Waals surface area contributed by atoms with Gasteiger partial charge in [-0.1, -0.05) is 6.07 Å². The zero-order chi connectivity index (χ0) is 12.4. The lowest BCUT2D eigenvalue weighted by molar-refractivity contribution is 0.0931. The summed E-state index contributed by atoms with van der Waals surface area (Å²) in [5, 5.41) is 21.7. The Hall–Kier alpha value is -1.75. The lowest BCUT2D eigenvalue weighted by Crippen LogP contribution is -2.43. The molecule has 5 heteroatoms. The second-order valence-corrected chi connectivity index (χ2v) is 4.35. The highest BCUT2D eigenvalue weighted by Crippen LogP contribution is 2.28. The van der Waals surface area contributed by atoms with Crippen LogP contribution in [-0.2, 0) is 0 Å². The van der Waals surface area contributed by atoms with Crippen LogP contribution in [0.3, 0.4) is 0 Å². The van der Waals surface area contributed by atoms with Gasteiger partial charge in [-0.15, -0.1) is 0 Å².